The third kappa shape index (κ3) is 5.22. The van der Waals surface area contributed by atoms with Crippen LogP contribution in [0.5, 0.6) is 0 Å². The Hall–Kier alpha value is -0.780. The Balaban J connectivity index is 3.46. The summed E-state index contributed by atoms with van der Waals surface area (Å²) in [6.07, 6.45) is 5.08. The topological polar surface area (TPSA) is 0 Å². The smallest absolute Gasteiger partial charge is 0.0404 e. The van der Waals surface area contributed by atoms with E-state index in [1.165, 1.54) is 6.08 Å². The van der Waals surface area contributed by atoms with Crippen LogP contribution in [0, 0.1) is 6.58 Å². The summed E-state index contributed by atoms with van der Waals surface area (Å²) in [6, 6.07) is 0. The normalized spacial score (nSPS) is 9.29. The first-order valence-corrected chi connectivity index (χ1v) is 2.14. The molecule has 0 unspecified atom stereocenters. The minimum atomic E-state index is 1.02. The average molecular weight is 93.1 g/mol. The van der Waals surface area contributed by atoms with Crippen LogP contribution < -0.4 is 0 Å². The van der Waals surface area contributed by atoms with E-state index in [-0.39, 0.29) is 0 Å². The summed E-state index contributed by atoms with van der Waals surface area (Å²) in [5.41, 5.74) is 1.02. The lowest BCUT2D eigenvalue weighted by Gasteiger charge is -1.77. The van der Waals surface area contributed by atoms with Gasteiger partial charge >= 0.3 is 0 Å². The van der Waals surface area contributed by atoms with Gasteiger partial charge in [0.1, 0.15) is 0 Å². The van der Waals surface area contributed by atoms with Crippen molar-refractivity contribution in [2.75, 3.05) is 0 Å². The van der Waals surface area contributed by atoms with Gasteiger partial charge in [-0.2, -0.15) is 0 Å². The zero-order valence-electron chi connectivity index (χ0n) is 4.52. The molecule has 0 saturated heterocycles. The molecule has 0 aromatic rings. The molecule has 0 heteroatoms. The second kappa shape index (κ2) is 3.41. The molecule has 0 rings (SSSR count). The van der Waals surface area contributed by atoms with Gasteiger partial charge < -0.3 is 0 Å². The van der Waals surface area contributed by atoms with E-state index in [1.54, 1.807) is 6.08 Å². The highest BCUT2D eigenvalue weighted by molar-refractivity contribution is 5.14. The van der Waals surface area contributed by atoms with E-state index in [0.717, 1.165) is 5.57 Å². The molecule has 0 aliphatic carbocycles. The Morgan fingerprint density at radius 2 is 2.29 bits per heavy atom. The Labute approximate surface area is 44.9 Å². The minimum absolute atomic E-state index is 1.02. The lowest BCUT2D eigenvalue weighted by molar-refractivity contribution is 1.56. The Morgan fingerprint density at radius 3 is 2.43 bits per heavy atom. The van der Waals surface area contributed by atoms with Gasteiger partial charge in [0.25, 0.3) is 0 Å². The third-order valence-corrected chi connectivity index (χ3v) is 0.492. The summed E-state index contributed by atoms with van der Waals surface area (Å²) in [5.74, 6) is 0. The zero-order valence-corrected chi connectivity index (χ0v) is 4.52. The van der Waals surface area contributed by atoms with Gasteiger partial charge in [-0.1, -0.05) is 37.0 Å². The van der Waals surface area contributed by atoms with Crippen LogP contribution in [0.15, 0.2) is 30.4 Å². The first-order valence-electron chi connectivity index (χ1n) is 2.14. The van der Waals surface area contributed by atoms with Gasteiger partial charge in [0.2, 0.25) is 0 Å². The Bertz CT molecular complexity index is 96.6. The van der Waals surface area contributed by atoms with Gasteiger partial charge in [-0.15, -0.1) is 0 Å². The molecule has 0 aromatic heterocycles. The molecule has 0 atom stereocenters. The molecule has 0 bridgehead atoms. The standard InChI is InChI=1S/C7H9/c1-4-5-6-7(2)3/h1,4-6H,2H2,3H3. The molecule has 0 fully saturated rings. The fraction of sp³-hybridized carbons (Fsp3) is 0.143. The van der Waals surface area contributed by atoms with Gasteiger partial charge in [-0.25, -0.2) is 0 Å². The number of rotatable bonds is 2. The summed E-state index contributed by atoms with van der Waals surface area (Å²) in [7, 11) is 0. The van der Waals surface area contributed by atoms with Crippen LogP contribution in [-0.4, -0.2) is 0 Å². The molecule has 0 aliphatic heterocycles. The maximum absolute atomic E-state index is 5.02. The van der Waals surface area contributed by atoms with Crippen LogP contribution in [-0.2, 0) is 0 Å². The van der Waals surface area contributed by atoms with E-state index in [2.05, 4.69) is 6.58 Å². The summed E-state index contributed by atoms with van der Waals surface area (Å²) >= 11 is 0. The largest absolute Gasteiger partial charge is 0.0961 e. The molecule has 0 aromatic carbocycles. The monoisotopic (exact) mass is 93.1 g/mol. The molecular weight excluding hydrogens is 84.1 g/mol. The van der Waals surface area contributed by atoms with Crippen molar-refractivity contribution in [2.24, 2.45) is 0 Å². The van der Waals surface area contributed by atoms with Crippen LogP contribution in [0.1, 0.15) is 6.92 Å². The SMILES string of the molecule is [CH]=CC=CC(=C)C. The van der Waals surface area contributed by atoms with Crippen LogP contribution in [0.3, 0.4) is 0 Å². The summed E-state index contributed by atoms with van der Waals surface area (Å²) in [5, 5.41) is 0. The lowest BCUT2D eigenvalue weighted by atomic mass is 10.3. The van der Waals surface area contributed by atoms with E-state index < -0.39 is 0 Å². The van der Waals surface area contributed by atoms with Crippen LogP contribution in [0.4, 0.5) is 0 Å². The van der Waals surface area contributed by atoms with Gasteiger partial charge in [0.15, 0.2) is 0 Å². The second-order valence-corrected chi connectivity index (χ2v) is 1.40. The summed E-state index contributed by atoms with van der Waals surface area (Å²) in [6.45, 7) is 10.6. The highest BCUT2D eigenvalue weighted by atomic mass is 13.7. The van der Waals surface area contributed by atoms with Crippen molar-refractivity contribution in [1.82, 2.24) is 0 Å². The van der Waals surface area contributed by atoms with Crippen LogP contribution >= 0.6 is 0 Å². The van der Waals surface area contributed by atoms with Gasteiger partial charge in [-0.05, 0) is 6.92 Å². The van der Waals surface area contributed by atoms with E-state index in [0.29, 0.717) is 0 Å². The molecule has 0 N–H and O–H groups in total. The van der Waals surface area contributed by atoms with Gasteiger partial charge in [0.05, 0.1) is 0 Å². The summed E-state index contributed by atoms with van der Waals surface area (Å²) < 4.78 is 0. The van der Waals surface area contributed by atoms with Crippen molar-refractivity contribution in [3.05, 3.63) is 37.0 Å². The quantitative estimate of drug-likeness (QED) is 0.459. The van der Waals surface area contributed by atoms with E-state index in [4.69, 9.17) is 6.58 Å². The van der Waals surface area contributed by atoms with Crippen molar-refractivity contribution in [3.63, 3.8) is 0 Å². The fourth-order valence-electron chi connectivity index (χ4n) is 0.220. The van der Waals surface area contributed by atoms with Crippen LogP contribution in [0.2, 0.25) is 0 Å². The molecule has 7 heavy (non-hydrogen) atoms. The molecule has 1 radical (unpaired) electrons. The predicted molar refractivity (Wildman–Crippen MR) is 32.8 cm³/mol. The Morgan fingerprint density at radius 1 is 1.71 bits per heavy atom. The van der Waals surface area contributed by atoms with Crippen molar-refractivity contribution in [3.8, 4) is 0 Å². The van der Waals surface area contributed by atoms with Gasteiger partial charge in [0, 0.05) is 0 Å². The number of allylic oxidation sites excluding steroid dienone is 4. The second-order valence-electron chi connectivity index (χ2n) is 1.40. The van der Waals surface area contributed by atoms with Crippen molar-refractivity contribution >= 4 is 0 Å². The molecule has 0 saturated carbocycles. The molecule has 0 aliphatic rings. The fourth-order valence-corrected chi connectivity index (χ4v) is 0.220. The highest BCUT2D eigenvalue weighted by Crippen LogP contribution is 1.86. The molecule has 0 nitrogen and oxygen atoms in total. The zero-order chi connectivity index (χ0) is 5.70. The predicted octanol–water partition coefficient (Wildman–Crippen LogP) is 2.11. The van der Waals surface area contributed by atoms with E-state index in [9.17, 15) is 0 Å². The average Bonchev–Trinajstić information content (AvgIpc) is 1.61. The highest BCUT2D eigenvalue weighted by Gasteiger charge is 1.65. The first kappa shape index (κ1) is 6.22. The van der Waals surface area contributed by atoms with E-state index >= 15 is 0 Å². The number of hydrogen-bond donors (Lipinski definition) is 0. The molecule has 0 heterocycles. The summed E-state index contributed by atoms with van der Waals surface area (Å²) in [4.78, 5) is 0. The molecular formula is C7H9. The van der Waals surface area contributed by atoms with Crippen molar-refractivity contribution < 1.29 is 0 Å². The third-order valence-electron chi connectivity index (χ3n) is 0.492. The maximum atomic E-state index is 5.02. The van der Waals surface area contributed by atoms with E-state index in [1.807, 2.05) is 13.0 Å². The maximum Gasteiger partial charge on any atom is -0.0404 e. The van der Waals surface area contributed by atoms with Crippen molar-refractivity contribution in [2.45, 2.75) is 6.92 Å². The van der Waals surface area contributed by atoms with Crippen LogP contribution in [0.25, 0.3) is 0 Å². The molecule has 0 amide bonds. The Kier molecular flexibility index (Phi) is 3.03. The minimum Gasteiger partial charge on any atom is -0.0961 e. The number of hydrogen-bond acceptors (Lipinski definition) is 0. The first-order chi connectivity index (χ1) is 3.27. The molecule has 37 valence electrons. The van der Waals surface area contributed by atoms with Crippen molar-refractivity contribution in [1.29, 1.82) is 0 Å². The lowest BCUT2D eigenvalue weighted by Crippen LogP contribution is -1.55. The molecule has 0 spiro atoms. The van der Waals surface area contributed by atoms with Gasteiger partial charge in [-0.3, -0.25) is 0 Å².